The number of benzene rings is 2. The lowest BCUT2D eigenvalue weighted by Gasteiger charge is -2.11. The molecule has 0 saturated heterocycles. The second kappa shape index (κ2) is 11.8. The number of carbonyl (C=O) groups is 2. The van der Waals surface area contributed by atoms with Gasteiger partial charge in [0.2, 0.25) is 5.91 Å². The van der Waals surface area contributed by atoms with E-state index in [2.05, 4.69) is 10.3 Å². The van der Waals surface area contributed by atoms with Crippen molar-refractivity contribution >= 4 is 34.7 Å². The van der Waals surface area contributed by atoms with E-state index in [9.17, 15) is 9.59 Å². The number of pyridine rings is 1. The van der Waals surface area contributed by atoms with Crippen LogP contribution in [0.3, 0.4) is 0 Å². The van der Waals surface area contributed by atoms with E-state index in [0.29, 0.717) is 30.7 Å². The van der Waals surface area contributed by atoms with E-state index in [0.717, 1.165) is 28.0 Å². The molecule has 3 rings (SSSR count). The second-order valence-corrected chi connectivity index (χ2v) is 7.83. The van der Waals surface area contributed by atoms with Crippen molar-refractivity contribution in [3.05, 3.63) is 101 Å². The molecule has 0 radical (unpaired) electrons. The van der Waals surface area contributed by atoms with E-state index in [1.807, 2.05) is 66.7 Å². The van der Waals surface area contributed by atoms with Gasteiger partial charge in [0.25, 0.3) is 0 Å². The van der Waals surface area contributed by atoms with Crippen LogP contribution in [-0.2, 0) is 16.0 Å². The zero-order valence-corrected chi connectivity index (χ0v) is 18.4. The number of anilines is 1. The van der Waals surface area contributed by atoms with E-state index >= 15 is 0 Å². The summed E-state index contributed by atoms with van der Waals surface area (Å²) in [4.78, 5) is 27.3. The molecule has 0 unspecified atom stereocenters. The summed E-state index contributed by atoms with van der Waals surface area (Å²) < 4.78 is 0. The lowest BCUT2D eigenvalue weighted by molar-refractivity contribution is -0.137. The van der Waals surface area contributed by atoms with Gasteiger partial charge < -0.3 is 10.4 Å². The van der Waals surface area contributed by atoms with E-state index < -0.39 is 5.97 Å². The fourth-order valence-corrected chi connectivity index (χ4v) is 3.42. The number of aromatic nitrogens is 1. The molecule has 2 aromatic carbocycles. The summed E-state index contributed by atoms with van der Waals surface area (Å²) in [7, 11) is 0. The maximum absolute atomic E-state index is 12.3. The molecular formula is C26H25ClN2O3. The van der Waals surface area contributed by atoms with Crippen molar-refractivity contribution in [1.82, 2.24) is 4.98 Å². The number of amides is 1. The highest BCUT2D eigenvalue weighted by Crippen LogP contribution is 2.25. The van der Waals surface area contributed by atoms with Gasteiger partial charge >= 0.3 is 5.97 Å². The van der Waals surface area contributed by atoms with Crippen LogP contribution in [0, 0.1) is 0 Å². The molecule has 0 atom stereocenters. The van der Waals surface area contributed by atoms with Crippen LogP contribution in [0.15, 0.2) is 79.1 Å². The van der Waals surface area contributed by atoms with Crippen LogP contribution >= 0.6 is 11.6 Å². The average molecular weight is 449 g/mol. The number of aliphatic carboxylic acids is 1. The van der Waals surface area contributed by atoms with Gasteiger partial charge in [-0.05, 0) is 66.3 Å². The van der Waals surface area contributed by atoms with Crippen LogP contribution in [0.5, 0.6) is 0 Å². The SMILES string of the molecule is O=C(O)CCC/C=C(/c1ccc(NC(=O)CCc2ccc(Cl)cc2)cc1)c1cccnc1. The summed E-state index contributed by atoms with van der Waals surface area (Å²) in [5, 5.41) is 12.5. The van der Waals surface area contributed by atoms with Crippen molar-refractivity contribution in [2.24, 2.45) is 0 Å². The molecule has 0 saturated carbocycles. The average Bonchev–Trinajstić information content (AvgIpc) is 2.80. The van der Waals surface area contributed by atoms with Gasteiger partial charge in [0.05, 0.1) is 0 Å². The largest absolute Gasteiger partial charge is 0.481 e. The molecule has 5 nitrogen and oxygen atoms in total. The van der Waals surface area contributed by atoms with Crippen molar-refractivity contribution in [1.29, 1.82) is 0 Å². The summed E-state index contributed by atoms with van der Waals surface area (Å²) in [5.41, 5.74) is 4.72. The quantitative estimate of drug-likeness (QED) is 0.373. The Morgan fingerprint density at radius 2 is 1.72 bits per heavy atom. The topological polar surface area (TPSA) is 79.3 Å². The van der Waals surface area contributed by atoms with Gasteiger partial charge in [0.1, 0.15) is 0 Å². The van der Waals surface area contributed by atoms with Crippen molar-refractivity contribution < 1.29 is 14.7 Å². The molecule has 32 heavy (non-hydrogen) atoms. The monoisotopic (exact) mass is 448 g/mol. The molecule has 1 amide bonds. The molecule has 0 fully saturated rings. The number of hydrogen-bond acceptors (Lipinski definition) is 3. The summed E-state index contributed by atoms with van der Waals surface area (Å²) in [5.74, 6) is -0.845. The Bertz CT molecular complexity index is 1060. The van der Waals surface area contributed by atoms with Crippen LogP contribution in [-0.4, -0.2) is 22.0 Å². The zero-order valence-electron chi connectivity index (χ0n) is 17.6. The third-order valence-corrected chi connectivity index (χ3v) is 5.20. The highest BCUT2D eigenvalue weighted by atomic mass is 35.5. The number of carboxylic acid groups (broad SMARTS) is 1. The number of rotatable bonds is 10. The fourth-order valence-electron chi connectivity index (χ4n) is 3.29. The van der Waals surface area contributed by atoms with Gasteiger partial charge in [0, 0.05) is 41.5 Å². The summed E-state index contributed by atoms with van der Waals surface area (Å²) in [6, 6.07) is 19.0. The third-order valence-electron chi connectivity index (χ3n) is 4.95. The molecule has 0 aliphatic rings. The van der Waals surface area contributed by atoms with Gasteiger partial charge in [-0.25, -0.2) is 0 Å². The molecular weight excluding hydrogens is 424 g/mol. The number of allylic oxidation sites excluding steroid dienone is 1. The first-order valence-electron chi connectivity index (χ1n) is 10.5. The Morgan fingerprint density at radius 3 is 2.38 bits per heavy atom. The maximum Gasteiger partial charge on any atom is 0.303 e. The van der Waals surface area contributed by atoms with E-state index in [1.165, 1.54) is 0 Å². The minimum atomic E-state index is -0.794. The number of carbonyl (C=O) groups excluding carboxylic acids is 1. The molecule has 0 aliphatic heterocycles. The number of hydrogen-bond donors (Lipinski definition) is 2. The van der Waals surface area contributed by atoms with Crippen LogP contribution < -0.4 is 5.32 Å². The van der Waals surface area contributed by atoms with Gasteiger partial charge in [-0.15, -0.1) is 0 Å². The number of aryl methyl sites for hydroxylation is 1. The predicted octanol–water partition coefficient (Wildman–Crippen LogP) is 5.99. The van der Waals surface area contributed by atoms with Crippen LogP contribution in [0.4, 0.5) is 5.69 Å². The van der Waals surface area contributed by atoms with Crippen LogP contribution in [0.2, 0.25) is 5.02 Å². The van der Waals surface area contributed by atoms with Crippen LogP contribution in [0.25, 0.3) is 5.57 Å². The summed E-state index contributed by atoms with van der Waals surface area (Å²) in [6.45, 7) is 0. The molecule has 0 spiro atoms. The number of unbranched alkanes of at least 4 members (excludes halogenated alkanes) is 1. The standard InChI is InChI=1S/C26H25ClN2O3/c27-22-12-7-19(8-13-22)9-16-25(30)29-23-14-10-20(11-15-23)24(5-1-2-6-26(31)32)21-4-3-17-28-18-21/h3-5,7-8,10-15,17-18H,1-2,6,9,16H2,(H,29,30)(H,31,32)/b24-5-. The van der Waals surface area contributed by atoms with Crippen molar-refractivity contribution in [3.8, 4) is 0 Å². The van der Waals surface area contributed by atoms with Gasteiger partial charge in [-0.2, -0.15) is 0 Å². The Kier molecular flexibility index (Phi) is 8.58. The number of carboxylic acids is 1. The molecule has 1 heterocycles. The zero-order chi connectivity index (χ0) is 22.8. The highest BCUT2D eigenvalue weighted by molar-refractivity contribution is 6.30. The Hall–Kier alpha value is -3.44. The van der Waals surface area contributed by atoms with Crippen molar-refractivity contribution in [2.75, 3.05) is 5.32 Å². The molecule has 2 N–H and O–H groups in total. The minimum absolute atomic E-state index is 0.0515. The third kappa shape index (κ3) is 7.36. The Morgan fingerprint density at radius 1 is 0.969 bits per heavy atom. The minimum Gasteiger partial charge on any atom is -0.481 e. The van der Waals surface area contributed by atoms with Crippen LogP contribution in [0.1, 0.15) is 42.4 Å². The van der Waals surface area contributed by atoms with Gasteiger partial charge in [-0.1, -0.05) is 48.0 Å². The summed E-state index contributed by atoms with van der Waals surface area (Å²) in [6.07, 6.45) is 7.93. The highest BCUT2D eigenvalue weighted by Gasteiger charge is 2.08. The number of nitrogens with one attached hydrogen (secondary N) is 1. The normalized spacial score (nSPS) is 11.2. The lowest BCUT2D eigenvalue weighted by Crippen LogP contribution is -2.12. The van der Waals surface area contributed by atoms with Gasteiger partial charge in [0.15, 0.2) is 0 Å². The maximum atomic E-state index is 12.3. The first kappa shape index (κ1) is 23.2. The molecule has 6 heteroatoms. The Balaban J connectivity index is 1.64. The first-order chi connectivity index (χ1) is 15.5. The second-order valence-electron chi connectivity index (χ2n) is 7.40. The number of nitrogens with zero attached hydrogens (tertiary/aromatic N) is 1. The smallest absolute Gasteiger partial charge is 0.303 e. The molecule has 0 bridgehead atoms. The molecule has 164 valence electrons. The summed E-state index contributed by atoms with van der Waals surface area (Å²) >= 11 is 5.89. The van der Waals surface area contributed by atoms with E-state index in [4.69, 9.17) is 16.7 Å². The fraction of sp³-hybridized carbons (Fsp3) is 0.192. The van der Waals surface area contributed by atoms with E-state index in [1.54, 1.807) is 12.4 Å². The lowest BCUT2D eigenvalue weighted by atomic mass is 9.97. The first-order valence-corrected chi connectivity index (χ1v) is 10.9. The Labute approximate surface area is 192 Å². The predicted molar refractivity (Wildman–Crippen MR) is 128 cm³/mol. The molecule has 0 aliphatic carbocycles. The molecule has 3 aromatic rings. The molecule has 1 aromatic heterocycles. The van der Waals surface area contributed by atoms with Crippen molar-refractivity contribution in [2.45, 2.75) is 32.1 Å². The van der Waals surface area contributed by atoms with Gasteiger partial charge in [-0.3, -0.25) is 14.6 Å². The number of halogens is 1. The van der Waals surface area contributed by atoms with E-state index in [-0.39, 0.29) is 12.3 Å². The van der Waals surface area contributed by atoms with Crippen molar-refractivity contribution in [3.63, 3.8) is 0 Å².